The molecule has 3 rings (SSSR count). The molecule has 12 nitrogen and oxygen atoms in total. The van der Waals surface area contributed by atoms with Crippen LogP contribution in [0, 0.1) is 0 Å². The molecule has 13 heteroatoms. The first-order chi connectivity index (χ1) is 19.6. The summed E-state index contributed by atoms with van der Waals surface area (Å²) in [6.45, 7) is 2.76. The van der Waals surface area contributed by atoms with Crippen molar-refractivity contribution < 1.29 is 44.3 Å². The van der Waals surface area contributed by atoms with Crippen LogP contribution in [-0.4, -0.2) is 104 Å². The zero-order valence-corrected chi connectivity index (χ0v) is 23.8. The van der Waals surface area contributed by atoms with Crippen LogP contribution in [0.25, 0.3) is 11.3 Å². The maximum Gasteiger partial charge on any atom is 0.364 e. The van der Waals surface area contributed by atoms with Crippen molar-refractivity contribution in [2.45, 2.75) is 62.9 Å². The lowest BCUT2D eigenvalue weighted by molar-refractivity contribution is -0.310. The normalized spacial score (nSPS) is 23.8. The van der Waals surface area contributed by atoms with Crippen molar-refractivity contribution in [1.29, 1.82) is 0 Å². The minimum Gasteiger partial charge on any atom is -0.477 e. The van der Waals surface area contributed by atoms with Gasteiger partial charge in [-0.25, -0.2) is 4.79 Å². The van der Waals surface area contributed by atoms with E-state index in [-0.39, 0.29) is 6.61 Å². The summed E-state index contributed by atoms with van der Waals surface area (Å²) in [5.74, 6) is -3.31. The van der Waals surface area contributed by atoms with Crippen molar-refractivity contribution in [3.05, 3.63) is 54.2 Å². The number of nitrogens with one attached hydrogen (secondary N) is 2. The molecular formula is C28H37N3O9S. The number of hydrogen-bond donors (Lipinski definition) is 6. The molecule has 224 valence electrons. The predicted molar refractivity (Wildman–Crippen MR) is 151 cm³/mol. The number of benzene rings is 1. The van der Waals surface area contributed by atoms with Crippen molar-refractivity contribution in [3.63, 3.8) is 0 Å². The summed E-state index contributed by atoms with van der Waals surface area (Å²) in [5, 5.41) is 47.5. The molecule has 1 aliphatic rings. The maximum absolute atomic E-state index is 12.7. The predicted octanol–water partition coefficient (Wildman–Crippen LogP) is 0.795. The number of carbonyl (C=O) groups excluding carboxylic acids is 2. The minimum atomic E-state index is -2.31. The smallest absolute Gasteiger partial charge is 0.364 e. The number of amides is 2. The number of pyridine rings is 1. The van der Waals surface area contributed by atoms with Gasteiger partial charge in [0, 0.05) is 37.2 Å². The Labute approximate surface area is 242 Å². The number of rotatable bonds is 14. The molecule has 41 heavy (non-hydrogen) atoms. The highest BCUT2D eigenvalue weighted by atomic mass is 32.2. The summed E-state index contributed by atoms with van der Waals surface area (Å²) in [6, 6.07) is 10.9. The first kappa shape index (κ1) is 32.4. The van der Waals surface area contributed by atoms with Gasteiger partial charge in [0.15, 0.2) is 0 Å². The number of nitrogens with zero attached hydrogens (tertiary/aromatic N) is 1. The number of hydrogen-bond acceptors (Lipinski definition) is 10. The highest BCUT2D eigenvalue weighted by Crippen LogP contribution is 2.33. The highest BCUT2D eigenvalue weighted by Gasteiger charge is 2.55. The number of carbonyl (C=O) groups is 3. The lowest BCUT2D eigenvalue weighted by Crippen LogP contribution is -2.68. The maximum atomic E-state index is 12.7. The van der Waals surface area contributed by atoms with Crippen LogP contribution in [-0.2, 0) is 19.1 Å². The lowest BCUT2D eigenvalue weighted by atomic mass is 9.88. The zero-order chi connectivity index (χ0) is 30.0. The Bertz CT molecular complexity index is 1150. The van der Waals surface area contributed by atoms with Gasteiger partial charge < -0.3 is 40.5 Å². The van der Waals surface area contributed by atoms with Gasteiger partial charge >= 0.3 is 5.97 Å². The molecule has 1 aliphatic heterocycles. The molecule has 2 aromatic rings. The molecule has 1 unspecified atom stereocenters. The lowest BCUT2D eigenvalue weighted by Gasteiger charge is -2.46. The average molecular weight is 592 g/mol. The molecule has 6 N–H and O–H groups in total. The van der Waals surface area contributed by atoms with Gasteiger partial charge in [-0.3, -0.25) is 14.6 Å². The summed E-state index contributed by atoms with van der Waals surface area (Å²) in [6.07, 6.45) is -4.85. The van der Waals surface area contributed by atoms with Crippen LogP contribution in [0.15, 0.2) is 48.7 Å². The van der Waals surface area contributed by atoms with E-state index >= 15 is 0 Å². The van der Waals surface area contributed by atoms with Crippen LogP contribution < -0.4 is 10.6 Å². The zero-order valence-electron chi connectivity index (χ0n) is 22.9. The van der Waals surface area contributed by atoms with E-state index in [1.165, 1.54) is 6.92 Å². The SMILES string of the molecule is CCSCCCO[C@]1(C(=O)O)CC(O)[C@@H](NC(C)=O)[C@H]([C@H](O)[C@H](O)CNC(=O)c2ccc(-c3ccccn3)cc2)O1. The molecule has 6 atom stereocenters. The summed E-state index contributed by atoms with van der Waals surface area (Å²) >= 11 is 1.65. The van der Waals surface area contributed by atoms with E-state index in [0.717, 1.165) is 22.8 Å². The van der Waals surface area contributed by atoms with Crippen LogP contribution >= 0.6 is 11.8 Å². The van der Waals surface area contributed by atoms with Crippen molar-refractivity contribution in [2.75, 3.05) is 24.7 Å². The molecule has 0 bridgehead atoms. The fourth-order valence-corrected chi connectivity index (χ4v) is 5.07. The third-order valence-corrected chi connectivity index (χ3v) is 7.54. The third-order valence-electron chi connectivity index (χ3n) is 6.55. The van der Waals surface area contributed by atoms with E-state index in [1.807, 2.05) is 19.1 Å². The molecule has 2 heterocycles. The van der Waals surface area contributed by atoms with Gasteiger partial charge in [-0.2, -0.15) is 11.8 Å². The summed E-state index contributed by atoms with van der Waals surface area (Å²) in [4.78, 5) is 41.0. The Hall–Kier alpha value is -3.07. The number of carboxylic acids is 1. The Balaban J connectivity index is 1.69. The van der Waals surface area contributed by atoms with E-state index in [4.69, 9.17) is 9.47 Å². The average Bonchev–Trinajstić information content (AvgIpc) is 2.96. The van der Waals surface area contributed by atoms with Gasteiger partial charge in [0.25, 0.3) is 11.7 Å². The molecule has 0 spiro atoms. The summed E-state index contributed by atoms with van der Waals surface area (Å²) < 4.78 is 11.3. The van der Waals surface area contributed by atoms with E-state index < -0.39 is 67.0 Å². The topological polar surface area (TPSA) is 188 Å². The first-order valence-corrected chi connectivity index (χ1v) is 14.5. The van der Waals surface area contributed by atoms with E-state index in [0.29, 0.717) is 12.0 Å². The van der Waals surface area contributed by atoms with Gasteiger partial charge in [0.1, 0.15) is 12.2 Å². The second-order valence-corrected chi connectivity index (χ2v) is 11.0. The van der Waals surface area contributed by atoms with Gasteiger partial charge in [-0.1, -0.05) is 25.1 Å². The fourth-order valence-electron chi connectivity index (χ4n) is 4.46. The third kappa shape index (κ3) is 8.71. The Morgan fingerprint density at radius 3 is 2.54 bits per heavy atom. The number of thioether (sulfide) groups is 1. The fraction of sp³-hybridized carbons (Fsp3) is 0.500. The molecule has 0 saturated carbocycles. The molecule has 0 aliphatic carbocycles. The van der Waals surface area contributed by atoms with Gasteiger partial charge in [0.05, 0.1) is 30.6 Å². The second-order valence-electron chi connectivity index (χ2n) is 9.60. The first-order valence-electron chi connectivity index (χ1n) is 13.3. The Morgan fingerprint density at radius 2 is 1.93 bits per heavy atom. The summed E-state index contributed by atoms with van der Waals surface area (Å²) in [7, 11) is 0. The number of aliphatic hydroxyl groups is 3. The Morgan fingerprint density at radius 1 is 1.20 bits per heavy atom. The number of aromatic nitrogens is 1. The monoisotopic (exact) mass is 591 g/mol. The molecular weight excluding hydrogens is 554 g/mol. The number of aliphatic carboxylic acids is 1. The van der Waals surface area contributed by atoms with Gasteiger partial charge in [0.2, 0.25) is 5.91 Å². The number of ether oxygens (including phenoxy) is 2. The van der Waals surface area contributed by atoms with Crippen molar-refractivity contribution in [3.8, 4) is 11.3 Å². The van der Waals surface area contributed by atoms with Crippen LogP contribution in [0.4, 0.5) is 0 Å². The van der Waals surface area contributed by atoms with E-state index in [2.05, 4.69) is 15.6 Å². The van der Waals surface area contributed by atoms with Crippen molar-refractivity contribution in [1.82, 2.24) is 15.6 Å². The molecule has 1 saturated heterocycles. The highest BCUT2D eigenvalue weighted by molar-refractivity contribution is 7.99. The number of aliphatic hydroxyl groups excluding tert-OH is 3. The van der Waals surface area contributed by atoms with Crippen LogP contribution in [0.3, 0.4) is 0 Å². The quantitative estimate of drug-likeness (QED) is 0.171. The number of carboxylic acid groups (broad SMARTS) is 1. The minimum absolute atomic E-state index is 0.0113. The molecule has 0 radical (unpaired) electrons. The largest absolute Gasteiger partial charge is 0.477 e. The standard InChI is InChI=1S/C28H37N3O9S/c1-3-41-14-6-13-39-28(27(37)38)15-21(33)23(31-17(2)32)25(40-28)24(35)22(34)16-30-26(36)19-10-8-18(9-11-19)20-7-4-5-12-29-20/h4-5,7-12,21-25,33-35H,3,6,13-16H2,1-2H3,(H,30,36)(H,31,32)(H,37,38)/t21?,22-,23-,24-,25-,28-/m1/s1. The molecule has 1 aromatic heterocycles. The Kier molecular flexibility index (Phi) is 12.1. The molecule has 2 amide bonds. The second kappa shape index (κ2) is 15.2. The van der Waals surface area contributed by atoms with Gasteiger partial charge in [-0.15, -0.1) is 0 Å². The van der Waals surface area contributed by atoms with Crippen LogP contribution in [0.2, 0.25) is 0 Å². The van der Waals surface area contributed by atoms with E-state index in [9.17, 15) is 34.8 Å². The summed E-state index contributed by atoms with van der Waals surface area (Å²) in [5.41, 5.74) is 1.84. The van der Waals surface area contributed by atoms with E-state index in [1.54, 1.807) is 48.3 Å². The van der Waals surface area contributed by atoms with Crippen molar-refractivity contribution in [2.24, 2.45) is 0 Å². The van der Waals surface area contributed by atoms with Crippen LogP contribution in [0.1, 0.15) is 37.0 Å². The van der Waals surface area contributed by atoms with Crippen molar-refractivity contribution >= 4 is 29.5 Å². The molecule has 1 aromatic carbocycles. The van der Waals surface area contributed by atoms with Crippen LogP contribution in [0.5, 0.6) is 0 Å². The van der Waals surface area contributed by atoms with Gasteiger partial charge in [-0.05, 0) is 42.2 Å². The molecule has 1 fully saturated rings.